The fourth-order valence-corrected chi connectivity index (χ4v) is 3.97. The lowest BCUT2D eigenvalue weighted by Crippen LogP contribution is -2.43. The highest BCUT2D eigenvalue weighted by Crippen LogP contribution is 2.23. The summed E-state index contributed by atoms with van der Waals surface area (Å²) < 4.78 is 18.3. The van der Waals surface area contributed by atoms with Crippen LogP contribution in [0.4, 0.5) is 4.39 Å². The van der Waals surface area contributed by atoms with E-state index >= 15 is 0 Å². The Labute approximate surface area is 158 Å². The molecule has 2 fully saturated rings. The van der Waals surface area contributed by atoms with E-state index in [2.05, 4.69) is 20.4 Å². The molecule has 1 aromatic carbocycles. The van der Waals surface area contributed by atoms with Crippen molar-refractivity contribution in [2.45, 2.75) is 51.1 Å². The number of nitrogens with zero attached hydrogens (tertiary/aromatic N) is 3. The molecule has 0 atom stereocenters. The van der Waals surface area contributed by atoms with Crippen molar-refractivity contribution >= 4 is 5.91 Å². The summed E-state index contributed by atoms with van der Waals surface area (Å²) in [6, 6.07) is 6.39. The molecule has 144 valence electrons. The third-order valence-electron chi connectivity index (χ3n) is 5.58. The standard InChI is InChI=1S/C20H25FN4O2/c21-16-7-5-15(6-8-16)20-23-18(24-27-20)13-25-11-9-14(10-12-25)19(26)22-17-3-1-2-4-17/h5-8,14,17H,1-4,9-13H2,(H,22,26). The number of halogens is 1. The van der Waals surface area contributed by atoms with Crippen molar-refractivity contribution in [3.8, 4) is 11.5 Å². The average molecular weight is 372 g/mol. The molecule has 7 heteroatoms. The van der Waals surface area contributed by atoms with E-state index in [1.807, 2.05) is 0 Å². The maximum atomic E-state index is 13.0. The fourth-order valence-electron chi connectivity index (χ4n) is 3.97. The second-order valence-corrected chi connectivity index (χ2v) is 7.56. The number of aromatic nitrogens is 2. The molecule has 27 heavy (non-hydrogen) atoms. The van der Waals surface area contributed by atoms with Crippen molar-refractivity contribution in [3.63, 3.8) is 0 Å². The van der Waals surface area contributed by atoms with Crippen LogP contribution in [0.3, 0.4) is 0 Å². The van der Waals surface area contributed by atoms with Gasteiger partial charge in [0.05, 0.1) is 6.54 Å². The molecule has 1 aromatic heterocycles. The van der Waals surface area contributed by atoms with E-state index in [1.54, 1.807) is 12.1 Å². The van der Waals surface area contributed by atoms with Crippen LogP contribution in [0, 0.1) is 11.7 Å². The number of carbonyl (C=O) groups excluding carboxylic acids is 1. The van der Waals surface area contributed by atoms with Crippen LogP contribution in [0.25, 0.3) is 11.5 Å². The van der Waals surface area contributed by atoms with Gasteiger partial charge in [-0.25, -0.2) is 4.39 Å². The summed E-state index contributed by atoms with van der Waals surface area (Å²) in [6.07, 6.45) is 6.43. The first kappa shape index (κ1) is 18.1. The molecular weight excluding hydrogens is 347 g/mol. The maximum Gasteiger partial charge on any atom is 0.257 e. The first-order valence-electron chi connectivity index (χ1n) is 9.78. The Hall–Kier alpha value is -2.28. The number of benzene rings is 1. The van der Waals surface area contributed by atoms with Crippen LogP contribution in [0.2, 0.25) is 0 Å². The lowest BCUT2D eigenvalue weighted by atomic mass is 9.95. The topological polar surface area (TPSA) is 71.3 Å². The van der Waals surface area contributed by atoms with Crippen molar-refractivity contribution < 1.29 is 13.7 Å². The lowest BCUT2D eigenvalue weighted by molar-refractivity contribution is -0.127. The van der Waals surface area contributed by atoms with Crippen molar-refractivity contribution in [2.75, 3.05) is 13.1 Å². The second kappa shape index (κ2) is 8.17. The molecule has 1 aliphatic heterocycles. The van der Waals surface area contributed by atoms with Gasteiger partial charge in [0.1, 0.15) is 5.82 Å². The minimum Gasteiger partial charge on any atom is -0.353 e. The SMILES string of the molecule is O=C(NC1CCCC1)C1CCN(Cc2noc(-c3ccc(F)cc3)n2)CC1. The first-order valence-corrected chi connectivity index (χ1v) is 9.78. The molecule has 0 unspecified atom stereocenters. The maximum absolute atomic E-state index is 13.0. The molecule has 6 nitrogen and oxygen atoms in total. The highest BCUT2D eigenvalue weighted by atomic mass is 19.1. The van der Waals surface area contributed by atoms with Gasteiger partial charge >= 0.3 is 0 Å². The number of piperidine rings is 1. The van der Waals surface area contributed by atoms with Crippen LogP contribution >= 0.6 is 0 Å². The van der Waals surface area contributed by atoms with Crippen LogP contribution in [-0.2, 0) is 11.3 Å². The zero-order chi connectivity index (χ0) is 18.6. The molecule has 4 rings (SSSR count). The second-order valence-electron chi connectivity index (χ2n) is 7.56. The predicted molar refractivity (Wildman–Crippen MR) is 98.1 cm³/mol. The van der Waals surface area contributed by atoms with E-state index in [1.165, 1.54) is 25.0 Å². The number of rotatable bonds is 5. The van der Waals surface area contributed by atoms with E-state index in [-0.39, 0.29) is 17.6 Å². The summed E-state index contributed by atoms with van der Waals surface area (Å²) in [5.74, 6) is 1.05. The quantitative estimate of drug-likeness (QED) is 0.873. The summed E-state index contributed by atoms with van der Waals surface area (Å²) in [5.41, 5.74) is 0.706. The van der Waals surface area contributed by atoms with E-state index in [0.29, 0.717) is 29.9 Å². The van der Waals surface area contributed by atoms with Crippen molar-refractivity contribution in [1.82, 2.24) is 20.4 Å². The molecule has 2 heterocycles. The molecule has 1 amide bonds. The van der Waals surface area contributed by atoms with Crippen molar-refractivity contribution in [3.05, 3.63) is 35.9 Å². The summed E-state index contributed by atoms with van der Waals surface area (Å²) >= 11 is 0. The Balaban J connectivity index is 1.27. The van der Waals surface area contributed by atoms with E-state index < -0.39 is 0 Å². The average Bonchev–Trinajstić information content (AvgIpc) is 3.35. The van der Waals surface area contributed by atoms with Gasteiger partial charge in [0.15, 0.2) is 5.82 Å². The van der Waals surface area contributed by atoms with Gasteiger partial charge in [-0.2, -0.15) is 4.98 Å². The lowest BCUT2D eigenvalue weighted by Gasteiger charge is -2.31. The fraction of sp³-hybridized carbons (Fsp3) is 0.550. The van der Waals surface area contributed by atoms with Gasteiger partial charge in [0.25, 0.3) is 5.89 Å². The van der Waals surface area contributed by atoms with Crippen molar-refractivity contribution in [2.24, 2.45) is 5.92 Å². The van der Waals surface area contributed by atoms with Gasteiger partial charge in [0, 0.05) is 17.5 Å². The highest BCUT2D eigenvalue weighted by molar-refractivity contribution is 5.79. The van der Waals surface area contributed by atoms with Crippen LogP contribution < -0.4 is 5.32 Å². The van der Waals surface area contributed by atoms with Gasteiger partial charge in [-0.1, -0.05) is 18.0 Å². The Morgan fingerprint density at radius 1 is 1.15 bits per heavy atom. The third kappa shape index (κ3) is 4.53. The monoisotopic (exact) mass is 372 g/mol. The molecular formula is C20H25FN4O2. The minimum atomic E-state index is -0.293. The molecule has 0 bridgehead atoms. The van der Waals surface area contributed by atoms with Gasteiger partial charge < -0.3 is 9.84 Å². The smallest absolute Gasteiger partial charge is 0.257 e. The number of hydrogen-bond donors (Lipinski definition) is 1. The van der Waals surface area contributed by atoms with Gasteiger partial charge in [-0.15, -0.1) is 0 Å². The number of nitrogens with one attached hydrogen (secondary N) is 1. The molecule has 2 aromatic rings. The van der Waals surface area contributed by atoms with Crippen LogP contribution in [-0.4, -0.2) is 40.1 Å². The van der Waals surface area contributed by atoms with E-state index in [4.69, 9.17) is 4.52 Å². The van der Waals surface area contributed by atoms with Gasteiger partial charge in [-0.05, 0) is 63.0 Å². The summed E-state index contributed by atoms with van der Waals surface area (Å²) in [6.45, 7) is 2.30. The predicted octanol–water partition coefficient (Wildman–Crippen LogP) is 3.15. The largest absolute Gasteiger partial charge is 0.353 e. The molecule has 1 saturated carbocycles. The number of hydrogen-bond acceptors (Lipinski definition) is 5. The molecule has 2 aliphatic rings. The molecule has 1 aliphatic carbocycles. The molecule has 1 N–H and O–H groups in total. The van der Waals surface area contributed by atoms with Crippen molar-refractivity contribution in [1.29, 1.82) is 0 Å². The number of carbonyl (C=O) groups is 1. The number of amides is 1. The molecule has 1 saturated heterocycles. The first-order chi connectivity index (χ1) is 13.2. The van der Waals surface area contributed by atoms with Gasteiger partial charge in [-0.3, -0.25) is 9.69 Å². The van der Waals surface area contributed by atoms with Crippen LogP contribution in [0.5, 0.6) is 0 Å². The zero-order valence-electron chi connectivity index (χ0n) is 15.4. The Kier molecular flexibility index (Phi) is 5.48. The molecule has 0 spiro atoms. The van der Waals surface area contributed by atoms with Crippen LogP contribution in [0.1, 0.15) is 44.3 Å². The third-order valence-corrected chi connectivity index (χ3v) is 5.58. The van der Waals surface area contributed by atoms with E-state index in [9.17, 15) is 9.18 Å². The zero-order valence-corrected chi connectivity index (χ0v) is 15.4. The summed E-state index contributed by atoms with van der Waals surface area (Å²) in [4.78, 5) is 19.1. The summed E-state index contributed by atoms with van der Waals surface area (Å²) in [7, 11) is 0. The Morgan fingerprint density at radius 2 is 1.85 bits per heavy atom. The molecule has 0 radical (unpaired) electrons. The normalized spacial score (nSPS) is 19.4. The Bertz CT molecular complexity index is 763. The van der Waals surface area contributed by atoms with Crippen LogP contribution in [0.15, 0.2) is 28.8 Å². The Morgan fingerprint density at radius 3 is 2.56 bits per heavy atom. The summed E-state index contributed by atoms with van der Waals surface area (Å²) in [5, 5.41) is 7.25. The van der Waals surface area contributed by atoms with Gasteiger partial charge in [0.2, 0.25) is 5.91 Å². The number of likely N-dealkylation sites (tertiary alicyclic amines) is 1. The highest BCUT2D eigenvalue weighted by Gasteiger charge is 2.28. The van der Waals surface area contributed by atoms with E-state index in [0.717, 1.165) is 38.8 Å². The minimum absolute atomic E-state index is 0.113.